The van der Waals surface area contributed by atoms with Crippen LogP contribution >= 0.6 is 0 Å². The number of sulfonamides is 1. The molecule has 142 valence electrons. The quantitative estimate of drug-likeness (QED) is 0.676. The molecule has 0 radical (unpaired) electrons. The molecule has 9 heteroatoms. The highest BCUT2D eigenvalue weighted by Crippen LogP contribution is 2.20. The van der Waals surface area contributed by atoms with E-state index in [9.17, 15) is 13.2 Å². The first-order valence-electron chi connectivity index (χ1n) is 8.50. The van der Waals surface area contributed by atoms with Gasteiger partial charge in [-0.2, -0.15) is 5.10 Å². The molecule has 0 fully saturated rings. The number of nitrogens with zero attached hydrogens (tertiary/aromatic N) is 3. The maximum absolute atomic E-state index is 12.5. The molecule has 2 N–H and O–H groups in total. The summed E-state index contributed by atoms with van der Waals surface area (Å²) in [6.07, 6.45) is 2.08. The number of hydrogen-bond acceptors (Lipinski definition) is 5. The monoisotopic (exact) mass is 387 g/mol. The number of anilines is 2. The first kappa shape index (κ1) is 18.8. The van der Waals surface area contributed by atoms with Crippen molar-refractivity contribution in [2.24, 2.45) is 7.05 Å². The number of aryl methyl sites for hydroxylation is 2. The third-order valence-corrected chi connectivity index (χ3v) is 5.48. The molecule has 0 atom stereocenters. The molecule has 2 heterocycles. The third kappa shape index (κ3) is 4.25. The number of rotatable bonds is 6. The predicted molar refractivity (Wildman–Crippen MR) is 105 cm³/mol. The van der Waals surface area contributed by atoms with Gasteiger partial charge in [-0.25, -0.2) is 13.4 Å². The number of carbonyl (C=O) groups excluding carboxylic acids is 1. The van der Waals surface area contributed by atoms with Crippen LogP contribution in [0.1, 0.15) is 29.4 Å². The third-order valence-electron chi connectivity index (χ3n) is 3.99. The first-order chi connectivity index (χ1) is 12.8. The molecule has 1 aromatic carbocycles. The molecule has 2 aromatic heterocycles. The Morgan fingerprint density at radius 3 is 2.74 bits per heavy atom. The Balaban J connectivity index is 1.80. The molecule has 8 nitrogen and oxygen atoms in total. The zero-order valence-corrected chi connectivity index (χ0v) is 16.2. The normalized spacial score (nSPS) is 11.5. The molecule has 1 amide bonds. The SMILES string of the molecule is CCCS(=O)(=O)Nc1cccc(C(=O)Nc2cnc3c(c2)c(C)nn3C)c1. The minimum absolute atomic E-state index is 0.0274. The van der Waals surface area contributed by atoms with Crippen LogP contribution in [-0.4, -0.2) is 34.8 Å². The molecule has 0 saturated heterocycles. The molecule has 0 aliphatic rings. The van der Waals surface area contributed by atoms with Crippen LogP contribution in [-0.2, 0) is 17.1 Å². The van der Waals surface area contributed by atoms with Crippen LogP contribution in [0.25, 0.3) is 11.0 Å². The van der Waals surface area contributed by atoms with E-state index in [0.29, 0.717) is 23.4 Å². The van der Waals surface area contributed by atoms with Gasteiger partial charge in [-0.05, 0) is 37.6 Å². The van der Waals surface area contributed by atoms with Crippen LogP contribution in [0.5, 0.6) is 0 Å². The fraction of sp³-hybridized carbons (Fsp3) is 0.278. The summed E-state index contributed by atoms with van der Waals surface area (Å²) < 4.78 is 28.0. The van der Waals surface area contributed by atoms with Crippen molar-refractivity contribution >= 4 is 38.3 Å². The van der Waals surface area contributed by atoms with Gasteiger partial charge in [-0.15, -0.1) is 0 Å². The minimum Gasteiger partial charge on any atom is -0.321 e. The summed E-state index contributed by atoms with van der Waals surface area (Å²) in [6, 6.07) is 8.18. The summed E-state index contributed by atoms with van der Waals surface area (Å²) in [5.74, 6) is -0.325. The Labute approximate surface area is 157 Å². The van der Waals surface area contributed by atoms with E-state index in [4.69, 9.17) is 0 Å². The van der Waals surface area contributed by atoms with Gasteiger partial charge in [0.15, 0.2) is 5.65 Å². The maximum Gasteiger partial charge on any atom is 0.255 e. The number of hydrogen-bond donors (Lipinski definition) is 2. The van der Waals surface area contributed by atoms with Crippen molar-refractivity contribution in [3.05, 3.63) is 47.8 Å². The smallest absolute Gasteiger partial charge is 0.255 e. The molecule has 0 aliphatic heterocycles. The lowest BCUT2D eigenvalue weighted by Gasteiger charge is -2.09. The zero-order chi connectivity index (χ0) is 19.6. The highest BCUT2D eigenvalue weighted by Gasteiger charge is 2.13. The van der Waals surface area contributed by atoms with Crippen LogP contribution < -0.4 is 10.0 Å². The number of nitrogens with one attached hydrogen (secondary N) is 2. The number of benzene rings is 1. The van der Waals surface area contributed by atoms with Gasteiger partial charge in [0.1, 0.15) is 0 Å². The average molecular weight is 387 g/mol. The summed E-state index contributed by atoms with van der Waals surface area (Å²) in [6.45, 7) is 3.67. The Morgan fingerprint density at radius 1 is 1.22 bits per heavy atom. The summed E-state index contributed by atoms with van der Waals surface area (Å²) >= 11 is 0. The zero-order valence-electron chi connectivity index (χ0n) is 15.4. The minimum atomic E-state index is -3.41. The van der Waals surface area contributed by atoms with Crippen molar-refractivity contribution in [1.29, 1.82) is 0 Å². The first-order valence-corrected chi connectivity index (χ1v) is 10.2. The van der Waals surface area contributed by atoms with Crippen LogP contribution in [0, 0.1) is 6.92 Å². The van der Waals surface area contributed by atoms with E-state index in [0.717, 1.165) is 16.7 Å². The van der Waals surface area contributed by atoms with Gasteiger partial charge in [0.25, 0.3) is 5.91 Å². The average Bonchev–Trinajstić information content (AvgIpc) is 2.88. The highest BCUT2D eigenvalue weighted by molar-refractivity contribution is 7.92. The van der Waals surface area contributed by atoms with Crippen molar-refractivity contribution in [3.63, 3.8) is 0 Å². The standard InChI is InChI=1S/C18H21N5O3S/c1-4-8-27(25,26)22-14-7-5-6-13(9-14)18(24)20-15-10-16-12(2)21-23(3)17(16)19-11-15/h5-7,9-11,22H,4,8H2,1-3H3,(H,20,24). The summed E-state index contributed by atoms with van der Waals surface area (Å²) in [5, 5.41) is 7.95. The van der Waals surface area contributed by atoms with E-state index in [-0.39, 0.29) is 11.7 Å². The molecule has 0 bridgehead atoms. The molecule has 27 heavy (non-hydrogen) atoms. The Morgan fingerprint density at radius 2 is 2.00 bits per heavy atom. The summed E-state index contributed by atoms with van der Waals surface area (Å²) in [4.78, 5) is 16.9. The predicted octanol–water partition coefficient (Wildman–Crippen LogP) is 2.68. The highest BCUT2D eigenvalue weighted by atomic mass is 32.2. The van der Waals surface area contributed by atoms with E-state index in [2.05, 4.69) is 20.1 Å². The molecular weight excluding hydrogens is 366 g/mol. The number of carbonyl (C=O) groups is 1. The van der Waals surface area contributed by atoms with Gasteiger partial charge in [-0.3, -0.25) is 14.2 Å². The molecule has 0 aliphatic carbocycles. The van der Waals surface area contributed by atoms with Crippen molar-refractivity contribution < 1.29 is 13.2 Å². The summed E-state index contributed by atoms with van der Waals surface area (Å²) in [5.41, 5.74) is 2.80. The molecule has 0 spiro atoms. The van der Waals surface area contributed by atoms with Crippen LogP contribution in [0.15, 0.2) is 36.5 Å². The van der Waals surface area contributed by atoms with Crippen LogP contribution in [0.4, 0.5) is 11.4 Å². The van der Waals surface area contributed by atoms with Gasteiger partial charge < -0.3 is 5.32 Å². The second-order valence-electron chi connectivity index (χ2n) is 6.26. The van der Waals surface area contributed by atoms with Crippen molar-refractivity contribution in [3.8, 4) is 0 Å². The number of aromatic nitrogens is 3. The Hall–Kier alpha value is -2.94. The number of pyridine rings is 1. The second kappa shape index (κ2) is 7.36. The van der Waals surface area contributed by atoms with E-state index in [1.54, 1.807) is 36.0 Å². The van der Waals surface area contributed by atoms with Gasteiger partial charge >= 0.3 is 0 Å². The molecule has 3 aromatic rings. The fourth-order valence-electron chi connectivity index (χ4n) is 2.80. The largest absolute Gasteiger partial charge is 0.321 e. The van der Waals surface area contributed by atoms with Crippen molar-refractivity contribution in [2.75, 3.05) is 15.8 Å². The summed E-state index contributed by atoms with van der Waals surface area (Å²) in [7, 11) is -1.60. The molecular formula is C18H21N5O3S. The van der Waals surface area contributed by atoms with Crippen LogP contribution in [0.2, 0.25) is 0 Å². The van der Waals surface area contributed by atoms with Crippen molar-refractivity contribution in [2.45, 2.75) is 20.3 Å². The lowest BCUT2D eigenvalue weighted by Crippen LogP contribution is -2.17. The van der Waals surface area contributed by atoms with Gasteiger partial charge in [0, 0.05) is 23.7 Å². The molecule has 3 rings (SSSR count). The number of fused-ring (bicyclic) bond motifs is 1. The van der Waals surface area contributed by atoms with E-state index in [1.807, 2.05) is 20.0 Å². The maximum atomic E-state index is 12.5. The lowest BCUT2D eigenvalue weighted by atomic mass is 10.2. The Kier molecular flexibility index (Phi) is 5.13. The van der Waals surface area contributed by atoms with E-state index < -0.39 is 10.0 Å². The molecule has 0 saturated carbocycles. The number of amides is 1. The fourth-order valence-corrected chi connectivity index (χ4v) is 3.93. The van der Waals surface area contributed by atoms with Gasteiger partial charge in [0.2, 0.25) is 10.0 Å². The van der Waals surface area contributed by atoms with Gasteiger partial charge in [0.05, 0.1) is 23.3 Å². The lowest BCUT2D eigenvalue weighted by molar-refractivity contribution is 0.102. The van der Waals surface area contributed by atoms with Crippen molar-refractivity contribution in [1.82, 2.24) is 14.8 Å². The van der Waals surface area contributed by atoms with E-state index >= 15 is 0 Å². The Bertz CT molecular complexity index is 1110. The van der Waals surface area contributed by atoms with Gasteiger partial charge in [-0.1, -0.05) is 13.0 Å². The van der Waals surface area contributed by atoms with E-state index in [1.165, 1.54) is 6.07 Å². The molecule has 0 unspecified atom stereocenters. The van der Waals surface area contributed by atoms with Crippen LogP contribution in [0.3, 0.4) is 0 Å². The topological polar surface area (TPSA) is 106 Å². The second-order valence-corrected chi connectivity index (χ2v) is 8.10.